The number of Topliss-reactive ketones (excluding diaryl/α,β-unsaturated/α-hetero) is 1. The summed E-state index contributed by atoms with van der Waals surface area (Å²) < 4.78 is 0. The molecule has 3 rings (SSSR count). The fraction of sp³-hybridized carbons (Fsp3) is 0.632. The number of hydrogen-bond donors (Lipinski definition) is 0. The van der Waals surface area contributed by atoms with Crippen molar-refractivity contribution in [1.82, 2.24) is 4.90 Å². The summed E-state index contributed by atoms with van der Waals surface area (Å²) in [5.41, 5.74) is 0.880. The van der Waals surface area contributed by atoms with Crippen LogP contribution in [0.25, 0.3) is 0 Å². The molecular formula is C19H27NO. The van der Waals surface area contributed by atoms with Crippen LogP contribution in [0.2, 0.25) is 0 Å². The molecular weight excluding hydrogens is 258 g/mol. The van der Waals surface area contributed by atoms with Gasteiger partial charge in [0.25, 0.3) is 0 Å². The van der Waals surface area contributed by atoms with Gasteiger partial charge in [0.1, 0.15) is 5.54 Å². The molecule has 1 aliphatic carbocycles. The van der Waals surface area contributed by atoms with Crippen LogP contribution in [0.4, 0.5) is 0 Å². The maximum atomic E-state index is 13.0. The summed E-state index contributed by atoms with van der Waals surface area (Å²) in [5, 5.41) is 0. The molecule has 3 atom stereocenters. The van der Waals surface area contributed by atoms with Crippen molar-refractivity contribution in [2.45, 2.75) is 51.5 Å². The zero-order chi connectivity index (χ0) is 14.9. The molecule has 2 fully saturated rings. The number of hydrogen-bond acceptors (Lipinski definition) is 2. The molecule has 114 valence electrons. The molecule has 1 aromatic rings. The molecule has 21 heavy (non-hydrogen) atoms. The molecule has 2 heteroatoms. The molecule has 1 saturated carbocycles. The average Bonchev–Trinajstić information content (AvgIpc) is 2.52. The summed E-state index contributed by atoms with van der Waals surface area (Å²) in [7, 11) is 0. The van der Waals surface area contributed by atoms with E-state index in [1.165, 1.54) is 18.4 Å². The van der Waals surface area contributed by atoms with E-state index >= 15 is 0 Å². The zero-order valence-corrected chi connectivity index (χ0v) is 13.3. The standard InChI is InChI=1S/C19H27NO/c1-15-11-13-20(14-16(15)2)19(12-7-6-10-18(19)21)17-8-4-3-5-9-17/h3-5,8-9,15-16H,6-7,10-14H2,1-2H3/t15?,16?,19-/m0/s1. The number of carbonyl (C=O) groups excluding carboxylic acids is 1. The van der Waals surface area contributed by atoms with Crippen LogP contribution >= 0.6 is 0 Å². The van der Waals surface area contributed by atoms with Crippen LogP contribution in [0.1, 0.15) is 51.5 Å². The summed E-state index contributed by atoms with van der Waals surface area (Å²) >= 11 is 0. The molecule has 0 spiro atoms. The van der Waals surface area contributed by atoms with Gasteiger partial charge in [-0.2, -0.15) is 0 Å². The van der Waals surface area contributed by atoms with Crippen LogP contribution in [0.15, 0.2) is 30.3 Å². The van der Waals surface area contributed by atoms with Crippen LogP contribution < -0.4 is 0 Å². The molecule has 1 heterocycles. The SMILES string of the molecule is CC1CCN([C@]2(c3ccccc3)CCCCC2=O)CC1C. The van der Waals surface area contributed by atoms with Gasteiger partial charge in [-0.3, -0.25) is 9.69 Å². The van der Waals surface area contributed by atoms with Gasteiger partial charge in [0.05, 0.1) is 0 Å². The molecule has 1 saturated heterocycles. The molecule has 0 aromatic heterocycles. The quantitative estimate of drug-likeness (QED) is 0.818. The third-order valence-corrected chi connectivity index (χ3v) is 5.78. The van der Waals surface area contributed by atoms with E-state index < -0.39 is 0 Å². The molecule has 0 amide bonds. The highest BCUT2D eigenvalue weighted by Gasteiger charge is 2.47. The Morgan fingerprint density at radius 1 is 1.10 bits per heavy atom. The maximum absolute atomic E-state index is 13.0. The molecule has 0 N–H and O–H groups in total. The van der Waals surface area contributed by atoms with Crippen molar-refractivity contribution in [3.63, 3.8) is 0 Å². The first-order valence-corrected chi connectivity index (χ1v) is 8.48. The van der Waals surface area contributed by atoms with Gasteiger partial charge < -0.3 is 0 Å². The van der Waals surface area contributed by atoms with Gasteiger partial charge in [0.15, 0.2) is 5.78 Å². The molecule has 0 radical (unpaired) electrons. The van der Waals surface area contributed by atoms with Crippen molar-refractivity contribution in [2.24, 2.45) is 11.8 Å². The van der Waals surface area contributed by atoms with Crippen LogP contribution in [-0.4, -0.2) is 23.8 Å². The number of piperidine rings is 1. The van der Waals surface area contributed by atoms with Crippen molar-refractivity contribution >= 4 is 5.78 Å². The molecule has 2 unspecified atom stereocenters. The van der Waals surface area contributed by atoms with Crippen LogP contribution in [0, 0.1) is 11.8 Å². The number of benzene rings is 1. The lowest BCUT2D eigenvalue weighted by Crippen LogP contribution is -2.57. The van der Waals surface area contributed by atoms with Crippen LogP contribution in [0.3, 0.4) is 0 Å². The van der Waals surface area contributed by atoms with Crippen molar-refractivity contribution in [3.8, 4) is 0 Å². The summed E-state index contributed by atoms with van der Waals surface area (Å²) in [5.74, 6) is 1.89. The van der Waals surface area contributed by atoms with E-state index in [0.717, 1.165) is 38.3 Å². The normalized spacial score (nSPS) is 34.9. The summed E-state index contributed by atoms with van der Waals surface area (Å²) in [6.45, 7) is 6.80. The summed E-state index contributed by atoms with van der Waals surface area (Å²) in [6, 6.07) is 10.5. The molecule has 2 nitrogen and oxygen atoms in total. The highest BCUT2D eigenvalue weighted by atomic mass is 16.1. The second kappa shape index (κ2) is 5.92. The predicted molar refractivity (Wildman–Crippen MR) is 86.1 cm³/mol. The Kier molecular flexibility index (Phi) is 4.17. The van der Waals surface area contributed by atoms with Crippen molar-refractivity contribution < 1.29 is 4.79 Å². The lowest BCUT2D eigenvalue weighted by atomic mass is 9.72. The molecule has 1 aliphatic heterocycles. The Labute approximate surface area is 128 Å². The fourth-order valence-electron chi connectivity index (χ4n) is 4.16. The van der Waals surface area contributed by atoms with Crippen LogP contribution in [-0.2, 0) is 10.3 Å². The Morgan fingerprint density at radius 2 is 1.86 bits per heavy atom. The highest BCUT2D eigenvalue weighted by Crippen LogP contribution is 2.42. The van der Waals surface area contributed by atoms with E-state index in [1.807, 2.05) is 6.07 Å². The van der Waals surface area contributed by atoms with Gasteiger partial charge >= 0.3 is 0 Å². The maximum Gasteiger partial charge on any atom is 0.157 e. The third kappa shape index (κ3) is 2.55. The number of rotatable bonds is 2. The molecule has 2 aliphatic rings. The van der Waals surface area contributed by atoms with Gasteiger partial charge in [0.2, 0.25) is 0 Å². The minimum atomic E-state index is -0.339. The minimum Gasteiger partial charge on any atom is -0.297 e. The van der Waals surface area contributed by atoms with Crippen molar-refractivity contribution in [3.05, 3.63) is 35.9 Å². The topological polar surface area (TPSA) is 20.3 Å². The summed E-state index contributed by atoms with van der Waals surface area (Å²) in [6.07, 6.45) is 5.18. The number of nitrogens with zero attached hydrogens (tertiary/aromatic N) is 1. The highest BCUT2D eigenvalue weighted by molar-refractivity contribution is 5.90. The molecule has 1 aromatic carbocycles. The first kappa shape index (κ1) is 14.8. The van der Waals surface area contributed by atoms with Gasteiger partial charge in [-0.25, -0.2) is 0 Å². The Hall–Kier alpha value is -1.15. The van der Waals surface area contributed by atoms with E-state index in [9.17, 15) is 4.79 Å². The number of carbonyl (C=O) groups is 1. The number of ketones is 1. The zero-order valence-electron chi connectivity index (χ0n) is 13.3. The lowest BCUT2D eigenvalue weighted by Gasteiger charge is -2.49. The van der Waals surface area contributed by atoms with Gasteiger partial charge in [-0.15, -0.1) is 0 Å². The van der Waals surface area contributed by atoms with Crippen molar-refractivity contribution in [2.75, 3.05) is 13.1 Å². The average molecular weight is 285 g/mol. The second-order valence-corrected chi connectivity index (χ2v) is 7.05. The summed E-state index contributed by atoms with van der Waals surface area (Å²) in [4.78, 5) is 15.5. The molecule has 0 bridgehead atoms. The van der Waals surface area contributed by atoms with Gasteiger partial charge in [-0.1, -0.05) is 50.6 Å². The van der Waals surface area contributed by atoms with E-state index in [2.05, 4.69) is 43.0 Å². The first-order chi connectivity index (χ1) is 10.1. The van der Waals surface area contributed by atoms with E-state index in [-0.39, 0.29) is 5.54 Å². The van der Waals surface area contributed by atoms with E-state index in [4.69, 9.17) is 0 Å². The largest absolute Gasteiger partial charge is 0.297 e. The third-order valence-electron chi connectivity index (χ3n) is 5.78. The Bertz CT molecular complexity index is 498. The second-order valence-electron chi connectivity index (χ2n) is 7.05. The predicted octanol–water partition coefficient (Wildman–Crippen LogP) is 4.00. The Morgan fingerprint density at radius 3 is 2.52 bits per heavy atom. The Balaban J connectivity index is 1.99. The monoisotopic (exact) mass is 285 g/mol. The van der Waals surface area contributed by atoms with E-state index in [1.54, 1.807) is 0 Å². The van der Waals surface area contributed by atoms with Crippen LogP contribution in [0.5, 0.6) is 0 Å². The van der Waals surface area contributed by atoms with Crippen molar-refractivity contribution in [1.29, 1.82) is 0 Å². The first-order valence-electron chi connectivity index (χ1n) is 8.48. The number of likely N-dealkylation sites (tertiary alicyclic amines) is 1. The van der Waals surface area contributed by atoms with Gasteiger partial charge in [0, 0.05) is 13.0 Å². The fourth-order valence-corrected chi connectivity index (χ4v) is 4.16. The lowest BCUT2D eigenvalue weighted by molar-refractivity contribution is -0.137. The minimum absolute atomic E-state index is 0.339. The smallest absolute Gasteiger partial charge is 0.157 e. The van der Waals surface area contributed by atoms with E-state index in [0.29, 0.717) is 11.7 Å². The van der Waals surface area contributed by atoms with Gasteiger partial charge in [-0.05, 0) is 43.2 Å².